The highest BCUT2D eigenvalue weighted by Gasteiger charge is 2.18. The van der Waals surface area contributed by atoms with Crippen LogP contribution in [-0.2, 0) is 16.6 Å². The van der Waals surface area contributed by atoms with Crippen molar-refractivity contribution in [2.45, 2.75) is 18.4 Å². The summed E-state index contributed by atoms with van der Waals surface area (Å²) in [6.45, 7) is 3.25. The molecule has 1 N–H and O–H groups in total. The number of rotatable bonds is 9. The van der Waals surface area contributed by atoms with Gasteiger partial charge in [-0.05, 0) is 74.6 Å². The molecule has 0 bridgehead atoms. The van der Waals surface area contributed by atoms with E-state index in [1.54, 1.807) is 29.2 Å². The number of nitrogens with one attached hydrogen (secondary N) is 1. The molecule has 0 aromatic heterocycles. The molecule has 0 aliphatic carbocycles. The van der Waals surface area contributed by atoms with Gasteiger partial charge in [0.25, 0.3) is 15.9 Å². The Hall–Kier alpha value is -3.23. The maximum Gasteiger partial charge on any atom is 0.261 e. The van der Waals surface area contributed by atoms with Crippen molar-refractivity contribution in [2.75, 3.05) is 31.9 Å². The SMILES string of the molecule is Cc1cc(S(=O)(=O)Nc2ccc(C(=O)N(CCN(C)C)Cc3ccccc3)cc2)ccc1F. The van der Waals surface area contributed by atoms with Crippen molar-refractivity contribution in [1.82, 2.24) is 9.80 Å². The van der Waals surface area contributed by atoms with E-state index in [1.165, 1.54) is 19.1 Å². The van der Waals surface area contributed by atoms with Gasteiger partial charge in [-0.1, -0.05) is 30.3 Å². The third kappa shape index (κ3) is 6.63. The number of anilines is 1. The molecule has 0 saturated heterocycles. The van der Waals surface area contributed by atoms with Crippen LogP contribution in [0.25, 0.3) is 0 Å². The molecule has 3 rings (SSSR count). The van der Waals surface area contributed by atoms with Crippen molar-refractivity contribution >= 4 is 21.6 Å². The van der Waals surface area contributed by atoms with Crippen molar-refractivity contribution in [2.24, 2.45) is 0 Å². The average Bonchev–Trinajstić information content (AvgIpc) is 2.78. The molecule has 6 nitrogen and oxygen atoms in total. The molecule has 0 aliphatic heterocycles. The maximum atomic E-state index is 13.5. The van der Waals surface area contributed by atoms with Gasteiger partial charge in [0.05, 0.1) is 4.90 Å². The Kier molecular flexibility index (Phi) is 7.84. The summed E-state index contributed by atoms with van der Waals surface area (Å²) in [5, 5.41) is 0. The third-order valence-corrected chi connectivity index (χ3v) is 6.52. The minimum Gasteiger partial charge on any atom is -0.333 e. The second-order valence-electron chi connectivity index (χ2n) is 8.11. The summed E-state index contributed by atoms with van der Waals surface area (Å²) in [6, 6.07) is 19.7. The molecule has 3 aromatic rings. The van der Waals surface area contributed by atoms with Crippen LogP contribution in [0.5, 0.6) is 0 Å². The van der Waals surface area contributed by atoms with Gasteiger partial charge in [0.2, 0.25) is 0 Å². The van der Waals surface area contributed by atoms with Gasteiger partial charge in [0.15, 0.2) is 0 Å². The predicted octanol–water partition coefficient (Wildman–Crippen LogP) is 4.14. The fourth-order valence-corrected chi connectivity index (χ4v) is 4.38. The summed E-state index contributed by atoms with van der Waals surface area (Å²) in [4.78, 5) is 16.9. The minimum atomic E-state index is -3.88. The van der Waals surface area contributed by atoms with E-state index in [1.807, 2.05) is 49.3 Å². The van der Waals surface area contributed by atoms with Gasteiger partial charge in [-0.2, -0.15) is 0 Å². The zero-order valence-corrected chi connectivity index (χ0v) is 19.8. The normalized spacial score (nSPS) is 11.4. The van der Waals surface area contributed by atoms with E-state index in [9.17, 15) is 17.6 Å². The minimum absolute atomic E-state index is 0.0284. The van der Waals surface area contributed by atoms with Crippen molar-refractivity contribution in [1.29, 1.82) is 0 Å². The highest BCUT2D eigenvalue weighted by atomic mass is 32.2. The Balaban J connectivity index is 1.76. The summed E-state index contributed by atoms with van der Waals surface area (Å²) in [6.07, 6.45) is 0. The van der Waals surface area contributed by atoms with Crippen molar-refractivity contribution in [3.8, 4) is 0 Å². The first-order chi connectivity index (χ1) is 15.7. The number of amides is 1. The van der Waals surface area contributed by atoms with E-state index in [2.05, 4.69) is 4.72 Å². The second-order valence-corrected chi connectivity index (χ2v) is 9.79. The van der Waals surface area contributed by atoms with Crippen molar-refractivity contribution in [3.05, 3.63) is 95.3 Å². The molecule has 0 fully saturated rings. The van der Waals surface area contributed by atoms with Crippen LogP contribution in [0.1, 0.15) is 21.5 Å². The molecule has 0 radical (unpaired) electrons. The van der Waals surface area contributed by atoms with Gasteiger partial charge in [0, 0.05) is 30.9 Å². The van der Waals surface area contributed by atoms with E-state index in [0.29, 0.717) is 30.9 Å². The maximum absolute atomic E-state index is 13.5. The summed E-state index contributed by atoms with van der Waals surface area (Å²) in [7, 11) is 0.0277. The number of nitrogens with zero attached hydrogens (tertiary/aromatic N) is 2. The number of sulfonamides is 1. The molecule has 0 atom stereocenters. The summed E-state index contributed by atoms with van der Waals surface area (Å²) in [5.74, 6) is -0.601. The third-order valence-electron chi connectivity index (χ3n) is 5.14. The molecule has 3 aromatic carbocycles. The van der Waals surface area contributed by atoms with Crippen molar-refractivity contribution < 1.29 is 17.6 Å². The number of hydrogen-bond acceptors (Lipinski definition) is 4. The Morgan fingerprint density at radius 3 is 2.21 bits per heavy atom. The van der Waals surface area contributed by atoms with Gasteiger partial charge < -0.3 is 9.80 Å². The standard InChI is InChI=1S/C25H28FN3O3S/c1-19-17-23(13-14-24(19)26)33(31,32)27-22-11-9-21(10-12-22)25(30)29(16-15-28(2)3)18-20-7-5-4-6-8-20/h4-14,17,27H,15-16,18H2,1-3H3. The lowest BCUT2D eigenvalue weighted by molar-refractivity contribution is 0.0732. The molecule has 0 spiro atoms. The lowest BCUT2D eigenvalue weighted by atomic mass is 10.1. The van der Waals surface area contributed by atoms with Gasteiger partial charge in [0.1, 0.15) is 5.82 Å². The highest BCUT2D eigenvalue weighted by molar-refractivity contribution is 7.92. The number of carbonyl (C=O) groups excluding carboxylic acids is 1. The quantitative estimate of drug-likeness (QED) is 0.511. The number of benzene rings is 3. The Morgan fingerprint density at radius 2 is 1.61 bits per heavy atom. The largest absolute Gasteiger partial charge is 0.333 e. The number of hydrogen-bond donors (Lipinski definition) is 1. The van der Waals surface area contributed by atoms with E-state index < -0.39 is 15.8 Å². The van der Waals surface area contributed by atoms with Crippen LogP contribution in [0.2, 0.25) is 0 Å². The highest BCUT2D eigenvalue weighted by Crippen LogP contribution is 2.20. The topological polar surface area (TPSA) is 69.7 Å². The molecule has 0 saturated carbocycles. The molecule has 174 valence electrons. The van der Waals surface area contributed by atoms with E-state index in [4.69, 9.17) is 0 Å². The van der Waals surface area contributed by atoms with Crippen LogP contribution in [0.3, 0.4) is 0 Å². The van der Waals surface area contributed by atoms with Crippen molar-refractivity contribution in [3.63, 3.8) is 0 Å². The zero-order chi connectivity index (χ0) is 24.0. The van der Waals surface area contributed by atoms with Gasteiger partial charge in [-0.25, -0.2) is 12.8 Å². The molecule has 8 heteroatoms. The molecular weight excluding hydrogens is 441 g/mol. The lowest BCUT2D eigenvalue weighted by Crippen LogP contribution is -2.36. The number of halogens is 1. The fourth-order valence-electron chi connectivity index (χ4n) is 3.24. The first-order valence-electron chi connectivity index (χ1n) is 10.5. The van der Waals surface area contributed by atoms with Gasteiger partial charge in [-0.15, -0.1) is 0 Å². The summed E-state index contributed by atoms with van der Waals surface area (Å²) < 4.78 is 41.2. The Labute approximate surface area is 194 Å². The first kappa shape index (κ1) is 24.4. The number of likely N-dealkylation sites (N-methyl/N-ethyl adjacent to an activating group) is 1. The van der Waals surface area contributed by atoms with Crippen LogP contribution in [-0.4, -0.2) is 51.3 Å². The molecule has 0 aliphatic rings. The Morgan fingerprint density at radius 1 is 0.939 bits per heavy atom. The van der Waals surface area contributed by atoms with Crippen LogP contribution in [0, 0.1) is 12.7 Å². The molecule has 0 unspecified atom stereocenters. The first-order valence-corrected chi connectivity index (χ1v) is 12.0. The van der Waals surface area contributed by atoms with E-state index in [0.717, 1.165) is 11.6 Å². The molecule has 33 heavy (non-hydrogen) atoms. The summed E-state index contributed by atoms with van der Waals surface area (Å²) in [5.41, 5.74) is 2.06. The second kappa shape index (κ2) is 10.6. The summed E-state index contributed by atoms with van der Waals surface area (Å²) >= 11 is 0. The van der Waals surface area contributed by atoms with Crippen LogP contribution < -0.4 is 4.72 Å². The molecule has 1 amide bonds. The molecule has 0 heterocycles. The number of carbonyl (C=O) groups is 1. The zero-order valence-electron chi connectivity index (χ0n) is 19.0. The lowest BCUT2D eigenvalue weighted by Gasteiger charge is -2.25. The average molecular weight is 470 g/mol. The molecular formula is C25H28FN3O3S. The monoisotopic (exact) mass is 469 g/mol. The van der Waals surface area contributed by atoms with Gasteiger partial charge >= 0.3 is 0 Å². The Bertz CT molecular complexity index is 1200. The fraction of sp³-hybridized carbons (Fsp3) is 0.240. The van der Waals surface area contributed by atoms with Crippen LogP contribution >= 0.6 is 0 Å². The van der Waals surface area contributed by atoms with E-state index in [-0.39, 0.29) is 16.4 Å². The van der Waals surface area contributed by atoms with Crippen LogP contribution in [0.4, 0.5) is 10.1 Å². The van der Waals surface area contributed by atoms with Gasteiger partial charge in [-0.3, -0.25) is 9.52 Å². The predicted molar refractivity (Wildman–Crippen MR) is 128 cm³/mol. The van der Waals surface area contributed by atoms with Crippen LogP contribution in [0.15, 0.2) is 77.7 Å². The number of aryl methyl sites for hydroxylation is 1. The smallest absolute Gasteiger partial charge is 0.261 e. The van der Waals surface area contributed by atoms with E-state index >= 15 is 0 Å².